The second-order valence-corrected chi connectivity index (χ2v) is 11.1. The van der Waals surface area contributed by atoms with E-state index in [4.69, 9.17) is 31.2 Å². The molecule has 0 saturated heterocycles. The van der Waals surface area contributed by atoms with Crippen LogP contribution in [0.1, 0.15) is 65.5 Å². The van der Waals surface area contributed by atoms with Crippen LogP contribution in [0.3, 0.4) is 0 Å². The van der Waals surface area contributed by atoms with Crippen molar-refractivity contribution in [3.8, 4) is 11.5 Å². The van der Waals surface area contributed by atoms with E-state index < -0.39 is 23.0 Å². The molecule has 0 aliphatic heterocycles. The molecule has 1 aromatic rings. The summed E-state index contributed by atoms with van der Waals surface area (Å²) < 4.78 is 12.3. The molecule has 0 bridgehead atoms. The fraction of sp³-hybridized carbons (Fsp3) is 0.615. The molecule has 4 amide bonds. The fourth-order valence-corrected chi connectivity index (χ4v) is 3.92. The van der Waals surface area contributed by atoms with Crippen molar-refractivity contribution in [3.63, 3.8) is 0 Å². The zero-order valence-corrected chi connectivity index (χ0v) is 24.2. The molecule has 0 aliphatic carbocycles. The molecule has 40 heavy (non-hydrogen) atoms. The second kappa shape index (κ2) is 14.9. The first-order valence-electron chi connectivity index (χ1n) is 12.9. The van der Waals surface area contributed by atoms with E-state index >= 15 is 0 Å². The summed E-state index contributed by atoms with van der Waals surface area (Å²) in [5.41, 5.74) is 13.9. The SMILES string of the molecule is CC(C)(C)c1c(N)c(N)c(C(C)(C)C)c(OCCC(=O)NCCNC(=O)O)c1OCCC(=O)NCCNC(=O)O. The highest BCUT2D eigenvalue weighted by molar-refractivity contribution is 5.82. The number of amides is 4. The molecule has 0 atom stereocenters. The highest BCUT2D eigenvalue weighted by Gasteiger charge is 2.34. The van der Waals surface area contributed by atoms with Gasteiger partial charge in [0.05, 0.1) is 37.4 Å². The summed E-state index contributed by atoms with van der Waals surface area (Å²) in [5, 5.41) is 26.8. The van der Waals surface area contributed by atoms with E-state index in [1.807, 2.05) is 41.5 Å². The second-order valence-electron chi connectivity index (χ2n) is 11.1. The van der Waals surface area contributed by atoms with Crippen LogP contribution in [0.5, 0.6) is 11.5 Å². The summed E-state index contributed by atoms with van der Waals surface area (Å²) in [5.74, 6) is -0.00737. The van der Waals surface area contributed by atoms with Crippen LogP contribution in [-0.4, -0.2) is 73.6 Å². The molecule has 0 fully saturated rings. The number of benzene rings is 1. The van der Waals surface area contributed by atoms with Crippen LogP contribution in [-0.2, 0) is 20.4 Å². The first kappa shape index (κ1) is 33.9. The van der Waals surface area contributed by atoms with Gasteiger partial charge >= 0.3 is 12.2 Å². The Kier molecular flexibility index (Phi) is 12.6. The number of carbonyl (C=O) groups is 4. The highest BCUT2D eigenvalue weighted by Crippen LogP contribution is 2.52. The van der Waals surface area contributed by atoms with Crippen molar-refractivity contribution in [3.05, 3.63) is 11.1 Å². The van der Waals surface area contributed by atoms with E-state index in [1.54, 1.807) is 0 Å². The van der Waals surface area contributed by atoms with Crippen LogP contribution < -0.4 is 42.2 Å². The zero-order valence-electron chi connectivity index (χ0n) is 24.2. The topological polar surface area (TPSA) is 227 Å². The maximum absolute atomic E-state index is 12.3. The maximum atomic E-state index is 12.3. The average molecular weight is 569 g/mol. The number of ether oxygens (including phenoxy) is 2. The molecule has 0 unspecified atom stereocenters. The van der Waals surface area contributed by atoms with Crippen molar-refractivity contribution >= 4 is 35.4 Å². The molecular formula is C26H44N6O8. The summed E-state index contributed by atoms with van der Waals surface area (Å²) in [6, 6.07) is 0. The van der Waals surface area contributed by atoms with E-state index in [-0.39, 0.29) is 64.0 Å². The van der Waals surface area contributed by atoms with Crippen molar-refractivity contribution in [2.75, 3.05) is 50.9 Å². The van der Waals surface area contributed by atoms with Gasteiger partial charge in [-0.2, -0.15) is 0 Å². The number of hydrogen-bond acceptors (Lipinski definition) is 8. The van der Waals surface area contributed by atoms with Crippen molar-refractivity contribution in [2.24, 2.45) is 0 Å². The minimum Gasteiger partial charge on any atom is -0.489 e. The lowest BCUT2D eigenvalue weighted by molar-refractivity contribution is -0.122. The minimum atomic E-state index is -1.18. The molecular weight excluding hydrogens is 524 g/mol. The standard InChI is InChI=1S/C26H44N6O8/c1-25(2,3)17-19(27)20(28)18(26(4,5)6)22(40-14-8-16(34)30-10-12-32-24(37)38)21(17)39-13-7-15(33)29-9-11-31-23(35)36/h31-32H,7-14,27-28H2,1-6H3,(H,29,33)(H,30,34)(H,35,36)(H,37,38). The molecule has 226 valence electrons. The van der Waals surface area contributed by atoms with Gasteiger partial charge in [-0.1, -0.05) is 41.5 Å². The average Bonchev–Trinajstić information content (AvgIpc) is 2.80. The molecule has 10 N–H and O–H groups in total. The van der Waals surface area contributed by atoms with Crippen LogP contribution >= 0.6 is 0 Å². The van der Waals surface area contributed by atoms with Gasteiger partial charge in [0.1, 0.15) is 0 Å². The Morgan fingerprint density at radius 2 is 0.925 bits per heavy atom. The first-order chi connectivity index (χ1) is 18.5. The van der Waals surface area contributed by atoms with E-state index in [0.29, 0.717) is 34.0 Å². The summed E-state index contributed by atoms with van der Waals surface area (Å²) >= 11 is 0. The maximum Gasteiger partial charge on any atom is 0.404 e. The van der Waals surface area contributed by atoms with Crippen molar-refractivity contribution in [1.29, 1.82) is 0 Å². The van der Waals surface area contributed by atoms with Crippen LogP contribution in [0.15, 0.2) is 0 Å². The molecule has 1 rings (SSSR count). The Morgan fingerprint density at radius 3 is 1.20 bits per heavy atom. The van der Waals surface area contributed by atoms with E-state index in [2.05, 4.69) is 21.3 Å². The van der Waals surface area contributed by atoms with E-state index in [9.17, 15) is 19.2 Å². The lowest BCUT2D eigenvalue weighted by atomic mass is 9.78. The van der Waals surface area contributed by atoms with Gasteiger partial charge in [0, 0.05) is 37.3 Å². The quantitative estimate of drug-likeness (QED) is 0.120. The smallest absolute Gasteiger partial charge is 0.404 e. The van der Waals surface area contributed by atoms with Crippen LogP contribution in [0, 0.1) is 0 Å². The molecule has 0 aromatic heterocycles. The van der Waals surface area contributed by atoms with Crippen molar-refractivity contribution < 1.29 is 38.9 Å². The summed E-state index contributed by atoms with van der Waals surface area (Å²) in [6.07, 6.45) is -2.39. The molecule has 1 aromatic carbocycles. The molecule has 0 aliphatic rings. The van der Waals surface area contributed by atoms with Gasteiger partial charge in [0.2, 0.25) is 11.8 Å². The normalized spacial score (nSPS) is 11.3. The molecule has 0 saturated carbocycles. The van der Waals surface area contributed by atoms with Crippen LogP contribution in [0.2, 0.25) is 0 Å². The lowest BCUT2D eigenvalue weighted by Gasteiger charge is -2.33. The number of nitrogen functional groups attached to an aromatic ring is 2. The Labute approximate surface area is 234 Å². The van der Waals surface area contributed by atoms with Crippen molar-refractivity contribution in [1.82, 2.24) is 21.3 Å². The number of carboxylic acid groups (broad SMARTS) is 2. The number of anilines is 2. The fourth-order valence-electron chi connectivity index (χ4n) is 3.92. The third-order valence-corrected chi connectivity index (χ3v) is 5.59. The van der Waals surface area contributed by atoms with E-state index in [1.165, 1.54) is 0 Å². The first-order valence-corrected chi connectivity index (χ1v) is 12.9. The number of carbonyl (C=O) groups excluding carboxylic acids is 2. The summed E-state index contributed by atoms with van der Waals surface area (Å²) in [4.78, 5) is 45.6. The van der Waals surface area contributed by atoms with Gasteiger partial charge in [-0.25, -0.2) is 9.59 Å². The highest BCUT2D eigenvalue weighted by atomic mass is 16.5. The Balaban J connectivity index is 3.20. The van der Waals surface area contributed by atoms with Gasteiger partial charge in [-0.15, -0.1) is 0 Å². The third kappa shape index (κ3) is 10.9. The molecule has 0 radical (unpaired) electrons. The monoisotopic (exact) mass is 568 g/mol. The Bertz CT molecular complexity index is 980. The van der Waals surface area contributed by atoms with Crippen LogP contribution in [0.4, 0.5) is 21.0 Å². The predicted octanol–water partition coefficient (Wildman–Crippen LogP) is 1.75. The van der Waals surface area contributed by atoms with Crippen LogP contribution in [0.25, 0.3) is 0 Å². The third-order valence-electron chi connectivity index (χ3n) is 5.59. The number of nitrogens with two attached hydrogens (primary N) is 2. The molecule has 0 heterocycles. The number of nitrogens with one attached hydrogen (secondary N) is 4. The predicted molar refractivity (Wildman–Crippen MR) is 151 cm³/mol. The molecule has 0 spiro atoms. The van der Waals surface area contributed by atoms with Crippen molar-refractivity contribution in [2.45, 2.75) is 65.2 Å². The van der Waals surface area contributed by atoms with Gasteiger partial charge in [0.15, 0.2) is 11.5 Å². The zero-order chi connectivity index (χ0) is 30.7. The van der Waals surface area contributed by atoms with Gasteiger partial charge in [0.25, 0.3) is 0 Å². The van der Waals surface area contributed by atoms with Gasteiger partial charge in [-0.05, 0) is 10.8 Å². The Morgan fingerprint density at radius 1 is 0.625 bits per heavy atom. The number of rotatable bonds is 14. The van der Waals surface area contributed by atoms with E-state index in [0.717, 1.165) is 0 Å². The molecule has 14 nitrogen and oxygen atoms in total. The lowest BCUT2D eigenvalue weighted by Crippen LogP contribution is -2.34. The largest absolute Gasteiger partial charge is 0.489 e. The summed E-state index contributed by atoms with van der Waals surface area (Å²) in [6.45, 7) is 12.0. The van der Waals surface area contributed by atoms with Gasteiger partial charge in [-0.3, -0.25) is 9.59 Å². The molecule has 14 heteroatoms. The number of hydrogen-bond donors (Lipinski definition) is 8. The van der Waals surface area contributed by atoms with Gasteiger partial charge < -0.3 is 52.4 Å². The Hall–Kier alpha value is -4.10. The minimum absolute atomic E-state index is 0.0159. The summed E-state index contributed by atoms with van der Waals surface area (Å²) in [7, 11) is 0.